The van der Waals surface area contributed by atoms with Crippen molar-refractivity contribution in [3.8, 4) is 0 Å². The average Bonchev–Trinajstić information content (AvgIpc) is 3.89. The highest BCUT2D eigenvalue weighted by Gasteiger charge is 2.50. The molecular formula is C41H59N5O7. The number of hydrogen-bond donors (Lipinski definition) is 4. The van der Waals surface area contributed by atoms with E-state index in [0.29, 0.717) is 65.0 Å². The number of Topliss-reactive ketones (excluding diaryl/α,β-unsaturated/α-hetero) is 1. The average molecular weight is 734 g/mol. The van der Waals surface area contributed by atoms with Crippen molar-refractivity contribution in [3.63, 3.8) is 0 Å². The lowest BCUT2D eigenvalue weighted by Crippen LogP contribution is -2.59. The Morgan fingerprint density at radius 3 is 1.77 bits per heavy atom. The minimum atomic E-state index is -1.03. The fraction of sp³-hybridized carbons (Fsp3) is 0.585. The van der Waals surface area contributed by atoms with Crippen LogP contribution in [0.15, 0.2) is 60.7 Å². The molecule has 0 aromatic heterocycles. The van der Waals surface area contributed by atoms with Gasteiger partial charge in [0.1, 0.15) is 23.7 Å². The molecule has 0 spiro atoms. The van der Waals surface area contributed by atoms with Crippen LogP contribution >= 0.6 is 0 Å². The van der Waals surface area contributed by atoms with E-state index in [9.17, 15) is 24.0 Å². The van der Waals surface area contributed by atoms with Gasteiger partial charge < -0.3 is 30.7 Å². The number of carbonyl (C=O) groups is 5. The number of rotatable bonds is 21. The van der Waals surface area contributed by atoms with Crippen molar-refractivity contribution in [2.45, 2.75) is 103 Å². The van der Waals surface area contributed by atoms with Crippen molar-refractivity contribution < 1.29 is 33.4 Å². The first kappa shape index (κ1) is 41.6. The number of nitrogens with zero attached hydrogens (tertiary/aromatic N) is 1. The SMILES string of the molecule is CC(C)CC[C@H](NC(=O)[C@H](CCc1ccccc1)NC(=O)CN1CCOCC1)C(=O)N[C@@H](Cc1ccccc1)C(=O)NC(CC(C)C)C(=O)[C@@]1(C)CO1. The Kier molecular flexibility index (Phi) is 16.0. The second-order valence-corrected chi connectivity index (χ2v) is 15.4. The molecule has 2 aliphatic heterocycles. The Labute approximate surface area is 314 Å². The van der Waals surface area contributed by atoms with E-state index in [1.807, 2.05) is 93.3 Å². The van der Waals surface area contributed by atoms with Gasteiger partial charge in [0.15, 0.2) is 5.78 Å². The number of ether oxygens (including phenoxy) is 2. The van der Waals surface area contributed by atoms with Gasteiger partial charge in [-0.25, -0.2) is 0 Å². The van der Waals surface area contributed by atoms with E-state index in [4.69, 9.17) is 9.47 Å². The Morgan fingerprint density at radius 1 is 0.679 bits per heavy atom. The maximum absolute atomic E-state index is 14.2. The largest absolute Gasteiger partial charge is 0.379 e. The lowest BCUT2D eigenvalue weighted by atomic mass is 9.93. The van der Waals surface area contributed by atoms with Crippen molar-refractivity contribution in [2.75, 3.05) is 39.5 Å². The first-order chi connectivity index (χ1) is 25.3. The van der Waals surface area contributed by atoms with Gasteiger partial charge in [0.25, 0.3) is 0 Å². The molecule has 0 saturated carbocycles. The molecule has 4 rings (SSSR count). The number of epoxide rings is 1. The molecule has 2 aromatic rings. The van der Waals surface area contributed by atoms with E-state index < -0.39 is 47.5 Å². The summed E-state index contributed by atoms with van der Waals surface area (Å²) in [5, 5.41) is 11.7. The van der Waals surface area contributed by atoms with E-state index in [0.717, 1.165) is 11.1 Å². The van der Waals surface area contributed by atoms with Crippen molar-refractivity contribution in [3.05, 3.63) is 71.8 Å². The zero-order valence-electron chi connectivity index (χ0n) is 32.0. The molecule has 2 aliphatic rings. The molecule has 2 fully saturated rings. The molecule has 2 saturated heterocycles. The van der Waals surface area contributed by atoms with Crippen LogP contribution in [-0.4, -0.2) is 104 Å². The van der Waals surface area contributed by atoms with Crippen LogP contribution in [0.4, 0.5) is 0 Å². The third-order valence-electron chi connectivity index (χ3n) is 9.71. The summed E-state index contributed by atoms with van der Waals surface area (Å²) in [5.41, 5.74) is 0.920. The molecule has 2 heterocycles. The van der Waals surface area contributed by atoms with Gasteiger partial charge in [-0.05, 0) is 62.0 Å². The van der Waals surface area contributed by atoms with Gasteiger partial charge in [-0.1, -0.05) is 88.4 Å². The van der Waals surface area contributed by atoms with Crippen LogP contribution in [0, 0.1) is 11.8 Å². The monoisotopic (exact) mass is 733 g/mol. The first-order valence-electron chi connectivity index (χ1n) is 19.1. The Hall–Kier alpha value is -4.13. The van der Waals surface area contributed by atoms with Crippen LogP contribution in [0.3, 0.4) is 0 Å². The predicted octanol–water partition coefficient (Wildman–Crippen LogP) is 2.97. The fourth-order valence-corrected chi connectivity index (χ4v) is 6.39. The molecule has 4 amide bonds. The summed E-state index contributed by atoms with van der Waals surface area (Å²) in [6, 6.07) is 15.4. The van der Waals surface area contributed by atoms with Gasteiger partial charge in [0, 0.05) is 19.5 Å². The lowest BCUT2D eigenvalue weighted by molar-refractivity contribution is -0.135. The summed E-state index contributed by atoms with van der Waals surface area (Å²) in [6.07, 6.45) is 2.43. The molecule has 12 nitrogen and oxygen atoms in total. The highest BCUT2D eigenvalue weighted by Crippen LogP contribution is 2.29. The Morgan fingerprint density at radius 2 is 1.21 bits per heavy atom. The standard InChI is InChI=1S/C41H59N5O7/c1-28(2)16-18-33(43-38(49)32(19-17-30-12-8-6-9-13-30)42-36(47)26-46-20-22-52-23-21-46)39(50)45-35(25-31-14-10-7-11-15-31)40(51)44-34(24-29(3)4)37(48)41(5)27-53-41/h6-15,28-29,32-35H,16-27H2,1-5H3,(H,42,47)(H,43,49)(H,44,51)(H,45,50)/t32-,33-,34?,35-,41+/m0/s1. The summed E-state index contributed by atoms with van der Waals surface area (Å²) in [4.78, 5) is 70.7. The fourth-order valence-electron chi connectivity index (χ4n) is 6.39. The van der Waals surface area contributed by atoms with Crippen LogP contribution in [0.2, 0.25) is 0 Å². The molecule has 290 valence electrons. The molecule has 0 bridgehead atoms. The van der Waals surface area contributed by atoms with Gasteiger partial charge in [-0.15, -0.1) is 0 Å². The number of hydrogen-bond acceptors (Lipinski definition) is 8. The minimum Gasteiger partial charge on any atom is -0.379 e. The zero-order chi connectivity index (χ0) is 38.4. The smallest absolute Gasteiger partial charge is 0.243 e. The molecule has 12 heteroatoms. The zero-order valence-corrected chi connectivity index (χ0v) is 32.0. The number of carbonyl (C=O) groups excluding carboxylic acids is 5. The number of ketones is 1. The summed E-state index contributed by atoms with van der Waals surface area (Å²) < 4.78 is 10.8. The van der Waals surface area contributed by atoms with Crippen LogP contribution in [0.1, 0.15) is 71.4 Å². The number of nitrogens with one attached hydrogen (secondary N) is 4. The molecular weight excluding hydrogens is 674 g/mol. The minimum absolute atomic E-state index is 0.119. The Balaban J connectivity index is 1.52. The van der Waals surface area contributed by atoms with Gasteiger partial charge in [-0.3, -0.25) is 28.9 Å². The molecule has 0 radical (unpaired) electrons. The number of amides is 4. The highest BCUT2D eigenvalue weighted by molar-refractivity contribution is 5.98. The van der Waals surface area contributed by atoms with Gasteiger partial charge in [-0.2, -0.15) is 0 Å². The van der Waals surface area contributed by atoms with E-state index in [1.165, 1.54) is 0 Å². The quantitative estimate of drug-likeness (QED) is 0.143. The summed E-state index contributed by atoms with van der Waals surface area (Å²) in [6.45, 7) is 12.5. The van der Waals surface area contributed by atoms with E-state index in [2.05, 4.69) is 21.3 Å². The van der Waals surface area contributed by atoms with Crippen molar-refractivity contribution in [1.82, 2.24) is 26.2 Å². The van der Waals surface area contributed by atoms with Crippen LogP contribution in [0.5, 0.6) is 0 Å². The molecule has 1 unspecified atom stereocenters. The van der Waals surface area contributed by atoms with Crippen LogP contribution in [0.25, 0.3) is 0 Å². The molecule has 53 heavy (non-hydrogen) atoms. The van der Waals surface area contributed by atoms with Gasteiger partial charge in [0.05, 0.1) is 32.4 Å². The third-order valence-corrected chi connectivity index (χ3v) is 9.71. The van der Waals surface area contributed by atoms with Gasteiger partial charge >= 0.3 is 0 Å². The van der Waals surface area contributed by atoms with E-state index >= 15 is 0 Å². The van der Waals surface area contributed by atoms with Crippen molar-refractivity contribution >= 4 is 29.4 Å². The van der Waals surface area contributed by atoms with Crippen LogP contribution in [-0.2, 0) is 46.3 Å². The normalized spacial score (nSPS) is 19.5. The second-order valence-electron chi connectivity index (χ2n) is 15.4. The maximum Gasteiger partial charge on any atom is 0.243 e. The first-order valence-corrected chi connectivity index (χ1v) is 19.1. The topological polar surface area (TPSA) is 158 Å². The molecule has 4 N–H and O–H groups in total. The molecule has 2 aromatic carbocycles. The Bertz CT molecular complexity index is 1490. The number of morpholine rings is 1. The summed E-state index contributed by atoms with van der Waals surface area (Å²) >= 11 is 0. The summed E-state index contributed by atoms with van der Waals surface area (Å²) in [5.74, 6) is -1.58. The second kappa shape index (κ2) is 20.4. The van der Waals surface area contributed by atoms with Crippen molar-refractivity contribution in [2.24, 2.45) is 11.8 Å². The third kappa shape index (κ3) is 14.0. The van der Waals surface area contributed by atoms with E-state index in [-0.39, 0.29) is 36.5 Å². The van der Waals surface area contributed by atoms with Crippen LogP contribution < -0.4 is 21.3 Å². The highest BCUT2D eigenvalue weighted by atomic mass is 16.6. The molecule has 5 atom stereocenters. The molecule has 0 aliphatic carbocycles. The van der Waals surface area contributed by atoms with Crippen molar-refractivity contribution in [1.29, 1.82) is 0 Å². The van der Waals surface area contributed by atoms with E-state index in [1.54, 1.807) is 6.92 Å². The number of aryl methyl sites for hydroxylation is 1. The predicted molar refractivity (Wildman–Crippen MR) is 203 cm³/mol. The summed E-state index contributed by atoms with van der Waals surface area (Å²) in [7, 11) is 0. The maximum atomic E-state index is 14.2. The lowest BCUT2D eigenvalue weighted by Gasteiger charge is -2.28. The van der Waals surface area contributed by atoms with Gasteiger partial charge in [0.2, 0.25) is 23.6 Å². The number of benzene rings is 2.